The molecule has 0 N–H and O–H groups in total. The van der Waals surface area contributed by atoms with Gasteiger partial charge in [-0.25, -0.2) is 13.6 Å². The third-order valence-electron chi connectivity index (χ3n) is 5.85. The number of carbonyl (C=O) groups excluding carboxylic acids is 1. The first-order valence-electron chi connectivity index (χ1n) is 9.41. The third-order valence-corrected chi connectivity index (χ3v) is 5.85. The molecular weight excluding hydrogens is 383 g/mol. The van der Waals surface area contributed by atoms with Crippen molar-refractivity contribution in [3.63, 3.8) is 0 Å². The summed E-state index contributed by atoms with van der Waals surface area (Å²) in [4.78, 5) is 17.4. The molecule has 1 spiro atoms. The van der Waals surface area contributed by atoms with E-state index in [4.69, 9.17) is 0 Å². The summed E-state index contributed by atoms with van der Waals surface area (Å²) in [5, 5.41) is 0. The number of alkyl halides is 5. The van der Waals surface area contributed by atoms with Crippen LogP contribution in [0.1, 0.15) is 62.8 Å². The average molecular weight is 406 g/mol. The van der Waals surface area contributed by atoms with Gasteiger partial charge in [0.2, 0.25) is 0 Å². The lowest BCUT2D eigenvalue weighted by Gasteiger charge is -2.52. The Morgan fingerprint density at radius 2 is 1.93 bits per heavy atom. The first-order valence-corrected chi connectivity index (χ1v) is 9.41. The maximum absolute atomic E-state index is 12.8. The molecule has 3 rings (SSSR count). The van der Waals surface area contributed by atoms with Crippen LogP contribution in [0, 0.1) is 5.41 Å². The van der Waals surface area contributed by atoms with E-state index < -0.39 is 24.8 Å². The van der Waals surface area contributed by atoms with Crippen molar-refractivity contribution in [3.8, 4) is 0 Å². The predicted molar refractivity (Wildman–Crippen MR) is 91.0 cm³/mol. The number of hydrogen-bond donors (Lipinski definition) is 0. The van der Waals surface area contributed by atoms with Gasteiger partial charge >= 0.3 is 12.3 Å². The van der Waals surface area contributed by atoms with Gasteiger partial charge in [0.1, 0.15) is 5.69 Å². The lowest BCUT2D eigenvalue weighted by Crippen LogP contribution is -2.49. The zero-order chi connectivity index (χ0) is 20.5. The molecule has 4 nitrogen and oxygen atoms in total. The Labute approximate surface area is 160 Å². The van der Waals surface area contributed by atoms with Crippen molar-refractivity contribution < 1.29 is 31.5 Å². The Morgan fingerprint density at radius 1 is 1.29 bits per heavy atom. The number of nitrogens with zero attached hydrogens (tertiary/aromatic N) is 2. The summed E-state index contributed by atoms with van der Waals surface area (Å²) < 4.78 is 68.5. The summed E-state index contributed by atoms with van der Waals surface area (Å²) in [6, 6.07) is 4.63. The number of piperidine rings is 1. The van der Waals surface area contributed by atoms with E-state index in [-0.39, 0.29) is 23.4 Å². The van der Waals surface area contributed by atoms with Crippen molar-refractivity contribution in [1.82, 2.24) is 9.88 Å². The smallest absolute Gasteiger partial charge is 0.425 e. The van der Waals surface area contributed by atoms with E-state index in [1.54, 1.807) is 12.1 Å². The second-order valence-electron chi connectivity index (χ2n) is 7.70. The SMILES string of the molecule is CC[C@@H](OC(=O)N1CCC2(CC1)CC(c1cccc(C(F)F)n1)C2)C(F)(F)F. The summed E-state index contributed by atoms with van der Waals surface area (Å²) in [6.07, 6.45) is -7.61. The van der Waals surface area contributed by atoms with Crippen LogP contribution in [0.4, 0.5) is 26.7 Å². The lowest BCUT2D eigenvalue weighted by atomic mass is 9.57. The fourth-order valence-corrected chi connectivity index (χ4v) is 4.16. The van der Waals surface area contributed by atoms with Crippen LogP contribution in [0.15, 0.2) is 18.2 Å². The molecule has 1 amide bonds. The largest absolute Gasteiger partial charge is 0.436 e. The molecule has 2 heterocycles. The second-order valence-corrected chi connectivity index (χ2v) is 7.70. The van der Waals surface area contributed by atoms with E-state index in [1.165, 1.54) is 17.9 Å². The number of aromatic nitrogens is 1. The molecule has 2 aliphatic rings. The van der Waals surface area contributed by atoms with Crippen molar-refractivity contribution in [1.29, 1.82) is 0 Å². The summed E-state index contributed by atoms with van der Waals surface area (Å²) in [7, 11) is 0. The molecule has 1 aliphatic heterocycles. The Hall–Kier alpha value is -1.93. The Balaban J connectivity index is 1.51. The van der Waals surface area contributed by atoms with Gasteiger partial charge in [-0.3, -0.25) is 4.98 Å². The normalized spacial score (nSPS) is 20.9. The molecule has 0 aromatic carbocycles. The van der Waals surface area contributed by atoms with Crippen LogP contribution in [0.5, 0.6) is 0 Å². The van der Waals surface area contributed by atoms with E-state index in [0.29, 0.717) is 31.6 Å². The highest BCUT2D eigenvalue weighted by molar-refractivity contribution is 5.68. The van der Waals surface area contributed by atoms with E-state index in [0.717, 1.165) is 12.8 Å². The predicted octanol–water partition coefficient (Wildman–Crippen LogP) is 5.46. The number of carbonyl (C=O) groups is 1. The van der Waals surface area contributed by atoms with Crippen LogP contribution in [0.25, 0.3) is 0 Å². The molecule has 1 aromatic heterocycles. The van der Waals surface area contributed by atoms with Gasteiger partial charge in [-0.15, -0.1) is 0 Å². The molecular formula is C19H23F5N2O2. The molecule has 2 fully saturated rings. The number of pyridine rings is 1. The van der Waals surface area contributed by atoms with Crippen LogP contribution >= 0.6 is 0 Å². The number of amides is 1. The molecule has 1 aromatic rings. The van der Waals surface area contributed by atoms with Crippen LogP contribution in [-0.4, -0.2) is 41.3 Å². The van der Waals surface area contributed by atoms with Crippen LogP contribution in [-0.2, 0) is 4.74 Å². The first kappa shape index (κ1) is 20.8. The molecule has 156 valence electrons. The molecule has 1 saturated carbocycles. The number of ether oxygens (including phenoxy) is 1. The fraction of sp³-hybridized carbons (Fsp3) is 0.684. The molecule has 0 unspecified atom stereocenters. The summed E-state index contributed by atoms with van der Waals surface area (Å²) in [5.41, 5.74) is 0.422. The summed E-state index contributed by atoms with van der Waals surface area (Å²) >= 11 is 0. The highest BCUT2D eigenvalue weighted by Gasteiger charge is 2.48. The monoisotopic (exact) mass is 406 g/mol. The quantitative estimate of drug-likeness (QED) is 0.624. The van der Waals surface area contributed by atoms with Gasteiger partial charge < -0.3 is 9.64 Å². The fourth-order valence-electron chi connectivity index (χ4n) is 4.16. The second kappa shape index (κ2) is 7.83. The van der Waals surface area contributed by atoms with E-state index >= 15 is 0 Å². The maximum atomic E-state index is 12.8. The minimum Gasteiger partial charge on any atom is -0.436 e. The Kier molecular flexibility index (Phi) is 5.82. The van der Waals surface area contributed by atoms with Gasteiger partial charge in [-0.2, -0.15) is 13.2 Å². The zero-order valence-corrected chi connectivity index (χ0v) is 15.5. The molecule has 0 radical (unpaired) electrons. The summed E-state index contributed by atoms with van der Waals surface area (Å²) in [6.45, 7) is 2.00. The van der Waals surface area contributed by atoms with Crippen molar-refractivity contribution in [2.75, 3.05) is 13.1 Å². The van der Waals surface area contributed by atoms with Crippen LogP contribution < -0.4 is 0 Å². The molecule has 1 aliphatic carbocycles. The van der Waals surface area contributed by atoms with Crippen molar-refractivity contribution in [3.05, 3.63) is 29.6 Å². The first-order chi connectivity index (χ1) is 13.1. The Morgan fingerprint density at radius 3 is 2.46 bits per heavy atom. The van der Waals surface area contributed by atoms with Crippen LogP contribution in [0.2, 0.25) is 0 Å². The van der Waals surface area contributed by atoms with Crippen molar-refractivity contribution >= 4 is 6.09 Å². The summed E-state index contributed by atoms with van der Waals surface area (Å²) in [5.74, 6) is 0.104. The number of halogens is 5. The number of rotatable bonds is 4. The van der Waals surface area contributed by atoms with Gasteiger partial charge in [-0.1, -0.05) is 13.0 Å². The van der Waals surface area contributed by atoms with Crippen molar-refractivity contribution in [2.45, 2.75) is 63.7 Å². The van der Waals surface area contributed by atoms with Crippen LogP contribution in [0.3, 0.4) is 0 Å². The van der Waals surface area contributed by atoms with E-state index in [2.05, 4.69) is 9.72 Å². The highest BCUT2D eigenvalue weighted by atomic mass is 19.4. The lowest BCUT2D eigenvalue weighted by molar-refractivity contribution is -0.206. The topological polar surface area (TPSA) is 42.4 Å². The minimum atomic E-state index is -4.57. The molecule has 1 saturated heterocycles. The minimum absolute atomic E-state index is 0.00184. The van der Waals surface area contributed by atoms with Gasteiger partial charge in [0.15, 0.2) is 6.10 Å². The van der Waals surface area contributed by atoms with Gasteiger partial charge in [0.25, 0.3) is 6.43 Å². The molecule has 1 atom stereocenters. The number of hydrogen-bond acceptors (Lipinski definition) is 3. The van der Waals surface area contributed by atoms with Gasteiger partial charge in [0, 0.05) is 24.7 Å². The third kappa shape index (κ3) is 4.38. The van der Waals surface area contributed by atoms with E-state index in [1.807, 2.05) is 0 Å². The highest BCUT2D eigenvalue weighted by Crippen LogP contribution is 2.56. The maximum Gasteiger partial charge on any atom is 0.425 e. The number of likely N-dealkylation sites (tertiary alicyclic amines) is 1. The molecule has 28 heavy (non-hydrogen) atoms. The van der Waals surface area contributed by atoms with Gasteiger partial charge in [0.05, 0.1) is 0 Å². The zero-order valence-electron chi connectivity index (χ0n) is 15.5. The molecule has 9 heteroatoms. The van der Waals surface area contributed by atoms with E-state index in [9.17, 15) is 26.7 Å². The standard InChI is InChI=1S/C19H23F5N2O2/c1-2-15(19(22,23)24)28-17(27)26-8-6-18(7-9-26)10-12(11-18)13-4-3-5-14(25-13)16(20)21/h3-5,12,15-16H,2,6-11H2,1H3/t15-/m1/s1. The Bertz CT molecular complexity index is 694. The van der Waals surface area contributed by atoms with Crippen molar-refractivity contribution in [2.24, 2.45) is 5.41 Å². The average Bonchev–Trinajstić information content (AvgIpc) is 2.63. The van der Waals surface area contributed by atoms with Gasteiger partial charge in [-0.05, 0) is 49.7 Å². The molecule has 0 bridgehead atoms.